The quantitative estimate of drug-likeness (QED) is 0.849. The minimum atomic E-state index is 0.592. The van der Waals surface area contributed by atoms with Crippen LogP contribution < -0.4 is 4.90 Å². The molecule has 2 aromatic heterocycles. The van der Waals surface area contributed by atoms with Gasteiger partial charge in [-0.2, -0.15) is 5.10 Å². The van der Waals surface area contributed by atoms with Gasteiger partial charge >= 0.3 is 0 Å². The third-order valence-electron chi connectivity index (χ3n) is 5.32. The molecule has 1 aliphatic heterocycles. The highest BCUT2D eigenvalue weighted by Crippen LogP contribution is 2.31. The summed E-state index contributed by atoms with van der Waals surface area (Å²) in [6, 6.07) is 1.86. The van der Waals surface area contributed by atoms with Crippen molar-refractivity contribution < 1.29 is 0 Å². The van der Waals surface area contributed by atoms with E-state index in [-0.39, 0.29) is 0 Å². The second-order valence-corrected chi connectivity index (χ2v) is 7.15. The van der Waals surface area contributed by atoms with Crippen molar-refractivity contribution in [3.8, 4) is 0 Å². The number of nitrogens with zero attached hydrogens (tertiary/aromatic N) is 7. The van der Waals surface area contributed by atoms with Crippen molar-refractivity contribution in [2.24, 2.45) is 0 Å². The van der Waals surface area contributed by atoms with E-state index >= 15 is 0 Å². The van der Waals surface area contributed by atoms with Crippen molar-refractivity contribution in [2.75, 3.05) is 31.1 Å². The van der Waals surface area contributed by atoms with Crippen molar-refractivity contribution in [3.05, 3.63) is 30.1 Å². The molecule has 7 heteroatoms. The molecule has 0 radical (unpaired) electrons. The highest BCUT2D eigenvalue weighted by atomic mass is 15.4. The number of piperazine rings is 1. The Kier molecular flexibility index (Phi) is 4.92. The lowest BCUT2D eigenvalue weighted by atomic mass is 9.89. The molecule has 0 atom stereocenters. The van der Waals surface area contributed by atoms with Crippen LogP contribution in [-0.4, -0.2) is 55.8 Å². The number of aryl methyl sites for hydroxylation is 1. The van der Waals surface area contributed by atoms with E-state index in [0.717, 1.165) is 44.6 Å². The molecule has 2 aliphatic rings. The van der Waals surface area contributed by atoms with Crippen LogP contribution in [0.25, 0.3) is 0 Å². The first kappa shape index (κ1) is 16.4. The zero-order valence-electron chi connectivity index (χ0n) is 15.0. The fraction of sp³-hybridized carbons (Fsp3) is 0.667. The van der Waals surface area contributed by atoms with Gasteiger partial charge in [-0.3, -0.25) is 4.90 Å². The molecule has 0 N–H and O–H groups in total. The molecule has 3 heterocycles. The Morgan fingerprint density at radius 2 is 1.72 bits per heavy atom. The van der Waals surface area contributed by atoms with Gasteiger partial charge in [0.05, 0.1) is 6.67 Å². The minimum absolute atomic E-state index is 0.592. The van der Waals surface area contributed by atoms with Gasteiger partial charge in [-0.25, -0.2) is 19.6 Å². The largest absolute Gasteiger partial charge is 0.338 e. The molecule has 7 nitrogen and oxygen atoms in total. The van der Waals surface area contributed by atoms with Crippen molar-refractivity contribution in [3.63, 3.8) is 0 Å². The molecule has 0 aromatic carbocycles. The zero-order chi connectivity index (χ0) is 17.1. The van der Waals surface area contributed by atoms with E-state index in [0.29, 0.717) is 5.92 Å². The van der Waals surface area contributed by atoms with Gasteiger partial charge in [-0.05, 0) is 25.8 Å². The van der Waals surface area contributed by atoms with E-state index < -0.39 is 0 Å². The standard InChI is InChI=1S/C18H27N7/c1-15-21-17(16-6-3-2-4-7-16)25(22-15)14-23-10-12-24(13-11-23)18-19-8-5-9-20-18/h5,8-9,16H,2-4,6-7,10-14H2,1H3. The molecule has 25 heavy (non-hydrogen) atoms. The Hall–Kier alpha value is -2.02. The normalized spacial score (nSPS) is 20.1. The number of aromatic nitrogens is 5. The van der Waals surface area contributed by atoms with E-state index in [1.54, 1.807) is 0 Å². The van der Waals surface area contributed by atoms with Gasteiger partial charge in [-0.15, -0.1) is 0 Å². The van der Waals surface area contributed by atoms with Gasteiger partial charge in [0.15, 0.2) is 0 Å². The first-order valence-electron chi connectivity index (χ1n) is 9.45. The van der Waals surface area contributed by atoms with Crippen molar-refractivity contribution in [2.45, 2.75) is 51.6 Å². The molecule has 0 spiro atoms. The number of hydrogen-bond acceptors (Lipinski definition) is 6. The number of hydrogen-bond donors (Lipinski definition) is 0. The Balaban J connectivity index is 1.39. The van der Waals surface area contributed by atoms with Gasteiger partial charge < -0.3 is 4.90 Å². The maximum absolute atomic E-state index is 4.76. The monoisotopic (exact) mass is 341 g/mol. The van der Waals surface area contributed by atoms with Gasteiger partial charge in [0, 0.05) is 44.5 Å². The second-order valence-electron chi connectivity index (χ2n) is 7.15. The van der Waals surface area contributed by atoms with Crippen LogP contribution in [-0.2, 0) is 6.67 Å². The van der Waals surface area contributed by atoms with Crippen LogP contribution in [0.4, 0.5) is 5.95 Å². The molecule has 1 saturated carbocycles. The summed E-state index contributed by atoms with van der Waals surface area (Å²) in [5, 5.41) is 4.68. The molecule has 1 aliphatic carbocycles. The Morgan fingerprint density at radius 1 is 1.00 bits per heavy atom. The molecule has 2 fully saturated rings. The highest BCUT2D eigenvalue weighted by molar-refractivity contribution is 5.29. The topological polar surface area (TPSA) is 63.0 Å². The van der Waals surface area contributed by atoms with Crippen LogP contribution in [0.5, 0.6) is 0 Å². The molecular formula is C18H27N7. The van der Waals surface area contributed by atoms with Crippen LogP contribution in [0.15, 0.2) is 18.5 Å². The van der Waals surface area contributed by atoms with Gasteiger partial charge in [0.1, 0.15) is 11.6 Å². The summed E-state index contributed by atoms with van der Waals surface area (Å²) in [6.07, 6.45) is 10.2. The summed E-state index contributed by atoms with van der Waals surface area (Å²) in [5.74, 6) is 3.53. The zero-order valence-corrected chi connectivity index (χ0v) is 15.0. The molecule has 4 rings (SSSR count). The lowest BCUT2D eigenvalue weighted by Crippen LogP contribution is -2.47. The summed E-state index contributed by atoms with van der Waals surface area (Å²) in [4.78, 5) is 18.2. The molecule has 1 saturated heterocycles. The second kappa shape index (κ2) is 7.47. The van der Waals surface area contributed by atoms with Gasteiger partial charge in [0.2, 0.25) is 5.95 Å². The summed E-state index contributed by atoms with van der Waals surface area (Å²) in [7, 11) is 0. The smallest absolute Gasteiger partial charge is 0.225 e. The SMILES string of the molecule is Cc1nc(C2CCCCC2)n(CN2CCN(c3ncccn3)CC2)n1. The lowest BCUT2D eigenvalue weighted by Gasteiger charge is -2.34. The first-order valence-corrected chi connectivity index (χ1v) is 9.45. The maximum atomic E-state index is 4.76. The molecule has 0 bridgehead atoms. The Labute approximate surface area is 149 Å². The molecule has 2 aromatic rings. The average molecular weight is 341 g/mol. The number of rotatable bonds is 4. The fourth-order valence-corrected chi connectivity index (χ4v) is 3.97. The third kappa shape index (κ3) is 3.81. The lowest BCUT2D eigenvalue weighted by molar-refractivity contribution is 0.188. The van der Waals surface area contributed by atoms with Crippen LogP contribution in [0.2, 0.25) is 0 Å². The van der Waals surface area contributed by atoms with Gasteiger partial charge in [0.25, 0.3) is 0 Å². The minimum Gasteiger partial charge on any atom is -0.338 e. The summed E-state index contributed by atoms with van der Waals surface area (Å²) >= 11 is 0. The van der Waals surface area contributed by atoms with Crippen molar-refractivity contribution >= 4 is 5.95 Å². The van der Waals surface area contributed by atoms with E-state index in [2.05, 4.69) is 29.5 Å². The first-order chi connectivity index (χ1) is 12.3. The Morgan fingerprint density at radius 3 is 2.44 bits per heavy atom. The maximum Gasteiger partial charge on any atom is 0.225 e. The van der Waals surface area contributed by atoms with Crippen LogP contribution >= 0.6 is 0 Å². The van der Waals surface area contributed by atoms with Crippen LogP contribution in [0.1, 0.15) is 49.7 Å². The van der Waals surface area contributed by atoms with E-state index in [1.165, 1.54) is 37.9 Å². The van der Waals surface area contributed by atoms with E-state index in [4.69, 9.17) is 4.98 Å². The predicted molar refractivity (Wildman–Crippen MR) is 96.4 cm³/mol. The molecule has 0 unspecified atom stereocenters. The molecular weight excluding hydrogens is 314 g/mol. The van der Waals surface area contributed by atoms with Crippen molar-refractivity contribution in [1.29, 1.82) is 0 Å². The Bertz CT molecular complexity index is 670. The van der Waals surface area contributed by atoms with Crippen LogP contribution in [0, 0.1) is 6.92 Å². The summed E-state index contributed by atoms with van der Waals surface area (Å²) < 4.78 is 2.15. The predicted octanol–water partition coefficient (Wildman–Crippen LogP) is 2.20. The average Bonchev–Trinajstić information content (AvgIpc) is 3.04. The van der Waals surface area contributed by atoms with Crippen LogP contribution in [0.3, 0.4) is 0 Å². The van der Waals surface area contributed by atoms with E-state index in [9.17, 15) is 0 Å². The number of anilines is 1. The summed E-state index contributed by atoms with van der Waals surface area (Å²) in [5.41, 5.74) is 0. The third-order valence-corrected chi connectivity index (χ3v) is 5.32. The summed E-state index contributed by atoms with van der Waals surface area (Å²) in [6.45, 7) is 6.76. The molecule has 134 valence electrons. The fourth-order valence-electron chi connectivity index (χ4n) is 3.97. The van der Waals surface area contributed by atoms with Crippen molar-refractivity contribution in [1.82, 2.24) is 29.6 Å². The van der Waals surface area contributed by atoms with E-state index in [1.807, 2.05) is 25.4 Å². The molecule has 0 amide bonds. The van der Waals surface area contributed by atoms with Gasteiger partial charge in [-0.1, -0.05) is 19.3 Å². The highest BCUT2D eigenvalue weighted by Gasteiger charge is 2.24.